The summed E-state index contributed by atoms with van der Waals surface area (Å²) in [6.07, 6.45) is 0.650. The van der Waals surface area contributed by atoms with E-state index < -0.39 is 4.92 Å². The molecule has 0 heterocycles. The molecule has 0 bridgehead atoms. The quantitative estimate of drug-likeness (QED) is 0.587. The summed E-state index contributed by atoms with van der Waals surface area (Å²) in [5, 5.41) is 11.2. The highest BCUT2D eigenvalue weighted by molar-refractivity contribution is 5.95. The van der Waals surface area contributed by atoms with E-state index in [2.05, 4.69) is 0 Å². The molecule has 2 aromatic rings. The third-order valence-electron chi connectivity index (χ3n) is 3.76. The highest BCUT2D eigenvalue weighted by Gasteiger charge is 2.21. The molecule has 0 unspecified atom stereocenters. The van der Waals surface area contributed by atoms with Crippen LogP contribution in [-0.4, -0.2) is 35.9 Å². The Bertz CT molecular complexity index is 734. The molecule has 2 N–H and O–H groups in total. The van der Waals surface area contributed by atoms with Crippen LogP contribution < -0.4 is 10.5 Å². The zero-order valence-corrected chi connectivity index (χ0v) is 14.1. The normalized spacial score (nSPS) is 10.3. The fraction of sp³-hybridized carbons (Fsp3) is 0.278. The average Bonchev–Trinajstić information content (AvgIpc) is 2.64. The number of nitro benzene ring substituents is 1. The number of ether oxygens (including phenoxy) is 1. The second-order valence-corrected chi connectivity index (χ2v) is 5.50. The Balaban J connectivity index is 2.29. The van der Waals surface area contributed by atoms with Gasteiger partial charge in [-0.15, -0.1) is 0 Å². The average molecular weight is 343 g/mol. The summed E-state index contributed by atoms with van der Waals surface area (Å²) in [6, 6.07) is 13.8. The highest BCUT2D eigenvalue weighted by atomic mass is 16.6. The van der Waals surface area contributed by atoms with E-state index in [1.807, 2.05) is 30.3 Å². The van der Waals surface area contributed by atoms with Gasteiger partial charge in [-0.3, -0.25) is 14.9 Å². The molecule has 2 rings (SSSR count). The molecule has 1 amide bonds. The lowest BCUT2D eigenvalue weighted by atomic mass is 10.1. The topological polar surface area (TPSA) is 98.7 Å². The SMILES string of the molecule is COc1ccc(C(=O)N(CCCN)Cc2ccccc2)cc1[N+](=O)[O-]. The smallest absolute Gasteiger partial charge is 0.311 e. The lowest BCUT2D eigenvalue weighted by Crippen LogP contribution is -2.32. The van der Waals surface area contributed by atoms with Crippen molar-refractivity contribution in [1.29, 1.82) is 0 Å². The molecular weight excluding hydrogens is 322 g/mol. The van der Waals surface area contributed by atoms with Crippen molar-refractivity contribution in [3.63, 3.8) is 0 Å². The third kappa shape index (κ3) is 4.77. The van der Waals surface area contributed by atoms with Gasteiger partial charge in [-0.25, -0.2) is 0 Å². The molecule has 0 saturated carbocycles. The summed E-state index contributed by atoms with van der Waals surface area (Å²) in [5.74, 6) is -0.152. The van der Waals surface area contributed by atoms with E-state index in [0.717, 1.165) is 5.56 Å². The summed E-state index contributed by atoms with van der Waals surface area (Å²) in [5.41, 5.74) is 6.57. The zero-order valence-electron chi connectivity index (χ0n) is 14.1. The molecule has 0 aliphatic rings. The predicted octanol–water partition coefficient (Wildman–Crippen LogP) is 2.59. The Morgan fingerprint density at radius 2 is 1.96 bits per heavy atom. The van der Waals surface area contributed by atoms with Gasteiger partial charge in [-0.2, -0.15) is 0 Å². The number of carbonyl (C=O) groups excluding carboxylic acids is 1. The Labute approximate surface area is 146 Å². The van der Waals surface area contributed by atoms with Gasteiger partial charge in [-0.05, 0) is 30.7 Å². The van der Waals surface area contributed by atoms with Crippen LogP contribution in [0.1, 0.15) is 22.3 Å². The number of rotatable bonds is 8. The van der Waals surface area contributed by atoms with Gasteiger partial charge in [0.1, 0.15) is 0 Å². The first-order chi connectivity index (χ1) is 12.1. The van der Waals surface area contributed by atoms with Crippen molar-refractivity contribution in [3.05, 3.63) is 69.8 Å². The van der Waals surface area contributed by atoms with Gasteiger partial charge in [0.25, 0.3) is 5.91 Å². The fourth-order valence-electron chi connectivity index (χ4n) is 2.49. The molecule has 0 radical (unpaired) electrons. The van der Waals surface area contributed by atoms with Crippen molar-refractivity contribution in [3.8, 4) is 5.75 Å². The van der Waals surface area contributed by atoms with E-state index >= 15 is 0 Å². The van der Waals surface area contributed by atoms with E-state index in [-0.39, 0.29) is 22.9 Å². The van der Waals surface area contributed by atoms with E-state index in [1.165, 1.54) is 25.3 Å². The van der Waals surface area contributed by atoms with E-state index in [4.69, 9.17) is 10.5 Å². The van der Waals surface area contributed by atoms with E-state index in [9.17, 15) is 14.9 Å². The minimum Gasteiger partial charge on any atom is -0.490 e. The van der Waals surface area contributed by atoms with Crippen molar-refractivity contribution < 1.29 is 14.5 Å². The van der Waals surface area contributed by atoms with Crippen LogP contribution in [0.4, 0.5) is 5.69 Å². The molecule has 2 aromatic carbocycles. The largest absolute Gasteiger partial charge is 0.490 e. The third-order valence-corrected chi connectivity index (χ3v) is 3.76. The zero-order chi connectivity index (χ0) is 18.2. The summed E-state index contributed by atoms with van der Waals surface area (Å²) in [4.78, 5) is 25.1. The van der Waals surface area contributed by atoms with Gasteiger partial charge >= 0.3 is 5.69 Å². The van der Waals surface area contributed by atoms with Crippen molar-refractivity contribution >= 4 is 11.6 Å². The first-order valence-electron chi connectivity index (χ1n) is 7.92. The van der Waals surface area contributed by atoms with Crippen LogP contribution in [-0.2, 0) is 6.54 Å². The summed E-state index contributed by atoms with van der Waals surface area (Å²) in [6.45, 7) is 1.35. The number of hydrogen-bond acceptors (Lipinski definition) is 5. The first-order valence-corrected chi connectivity index (χ1v) is 7.92. The number of carbonyl (C=O) groups is 1. The molecule has 0 aliphatic heterocycles. The molecular formula is C18H21N3O4. The maximum Gasteiger partial charge on any atom is 0.311 e. The summed E-state index contributed by atoms with van der Waals surface area (Å²) >= 11 is 0. The van der Waals surface area contributed by atoms with Crippen molar-refractivity contribution in [1.82, 2.24) is 4.90 Å². The minimum absolute atomic E-state index is 0.123. The lowest BCUT2D eigenvalue weighted by Gasteiger charge is -2.23. The van der Waals surface area contributed by atoms with Crippen LogP contribution in [0.5, 0.6) is 5.75 Å². The maximum absolute atomic E-state index is 12.9. The molecule has 0 spiro atoms. The van der Waals surface area contributed by atoms with Gasteiger partial charge in [0, 0.05) is 24.7 Å². The number of amides is 1. The van der Waals surface area contributed by atoms with Crippen molar-refractivity contribution in [2.24, 2.45) is 5.73 Å². The molecule has 7 nitrogen and oxygen atoms in total. The number of nitrogens with zero attached hydrogens (tertiary/aromatic N) is 2. The van der Waals surface area contributed by atoms with Crippen LogP contribution in [0, 0.1) is 10.1 Å². The number of methoxy groups -OCH3 is 1. The number of nitrogens with two attached hydrogens (primary N) is 1. The summed E-state index contributed by atoms with van der Waals surface area (Å²) < 4.78 is 4.98. The minimum atomic E-state index is -0.559. The number of hydrogen-bond donors (Lipinski definition) is 1. The Morgan fingerprint density at radius 1 is 1.24 bits per heavy atom. The second-order valence-electron chi connectivity index (χ2n) is 5.50. The van der Waals surface area contributed by atoms with Gasteiger partial charge in [0.15, 0.2) is 5.75 Å². The highest BCUT2D eigenvalue weighted by Crippen LogP contribution is 2.28. The van der Waals surface area contributed by atoms with Gasteiger partial charge < -0.3 is 15.4 Å². The molecule has 132 valence electrons. The molecule has 0 aliphatic carbocycles. The van der Waals surface area contributed by atoms with Gasteiger partial charge in [-0.1, -0.05) is 30.3 Å². The molecule has 0 fully saturated rings. The Morgan fingerprint density at radius 3 is 2.56 bits per heavy atom. The molecule has 0 saturated heterocycles. The molecule has 25 heavy (non-hydrogen) atoms. The summed E-state index contributed by atoms with van der Waals surface area (Å²) in [7, 11) is 1.35. The molecule has 0 aromatic heterocycles. The van der Waals surface area contributed by atoms with Crippen LogP contribution in [0.15, 0.2) is 48.5 Å². The number of nitro groups is 1. The van der Waals surface area contributed by atoms with E-state index in [0.29, 0.717) is 26.1 Å². The van der Waals surface area contributed by atoms with Crippen LogP contribution in [0.3, 0.4) is 0 Å². The van der Waals surface area contributed by atoms with E-state index in [1.54, 1.807) is 4.90 Å². The van der Waals surface area contributed by atoms with Crippen LogP contribution >= 0.6 is 0 Å². The van der Waals surface area contributed by atoms with Crippen molar-refractivity contribution in [2.75, 3.05) is 20.2 Å². The van der Waals surface area contributed by atoms with Crippen LogP contribution in [0.25, 0.3) is 0 Å². The Kier molecular flexibility index (Phi) is 6.47. The van der Waals surface area contributed by atoms with Crippen molar-refractivity contribution in [2.45, 2.75) is 13.0 Å². The molecule has 7 heteroatoms. The maximum atomic E-state index is 12.9. The van der Waals surface area contributed by atoms with Gasteiger partial charge in [0.05, 0.1) is 12.0 Å². The Hall–Kier alpha value is -2.93. The predicted molar refractivity (Wildman–Crippen MR) is 94.5 cm³/mol. The van der Waals surface area contributed by atoms with Crippen LogP contribution in [0.2, 0.25) is 0 Å². The lowest BCUT2D eigenvalue weighted by molar-refractivity contribution is -0.385. The van der Waals surface area contributed by atoms with Gasteiger partial charge in [0.2, 0.25) is 0 Å². The number of benzene rings is 2. The standard InChI is InChI=1S/C18H21N3O4/c1-25-17-9-8-15(12-16(17)21(23)24)18(22)20(11-5-10-19)13-14-6-3-2-4-7-14/h2-4,6-9,12H,5,10-11,13,19H2,1H3. The second kappa shape index (κ2) is 8.79. The fourth-order valence-corrected chi connectivity index (χ4v) is 2.49. The first kappa shape index (κ1) is 18.4. The monoisotopic (exact) mass is 343 g/mol. The molecule has 0 atom stereocenters.